The van der Waals surface area contributed by atoms with Gasteiger partial charge in [-0.3, -0.25) is 0 Å². The number of aromatic hydroxyl groups is 1. The molecule has 1 heterocycles. The van der Waals surface area contributed by atoms with Crippen LogP contribution < -0.4 is 0 Å². The van der Waals surface area contributed by atoms with Crippen LogP contribution >= 0.6 is 27.3 Å². The van der Waals surface area contributed by atoms with Gasteiger partial charge in [-0.15, -0.1) is 11.3 Å². The molecular formula is C10H9BrOS. The van der Waals surface area contributed by atoms with Gasteiger partial charge in [0.05, 0.1) is 0 Å². The zero-order chi connectivity index (χ0) is 9.42. The molecular weight excluding hydrogens is 248 g/mol. The summed E-state index contributed by atoms with van der Waals surface area (Å²) in [5.41, 5.74) is 0.973. The summed E-state index contributed by atoms with van der Waals surface area (Å²) >= 11 is 5.19. The first-order chi connectivity index (χ1) is 6.22. The first-order valence-corrected chi connectivity index (χ1v) is 5.93. The summed E-state index contributed by atoms with van der Waals surface area (Å²) in [6, 6.07) is 5.85. The highest BCUT2D eigenvalue weighted by Gasteiger charge is 2.05. The smallest absolute Gasteiger partial charge is 0.119 e. The van der Waals surface area contributed by atoms with E-state index in [2.05, 4.69) is 22.0 Å². The van der Waals surface area contributed by atoms with E-state index in [1.807, 2.05) is 13.0 Å². The number of hydrogen-bond acceptors (Lipinski definition) is 2. The van der Waals surface area contributed by atoms with E-state index in [0.717, 1.165) is 10.9 Å². The van der Waals surface area contributed by atoms with Crippen molar-refractivity contribution in [2.75, 3.05) is 0 Å². The molecule has 68 valence electrons. The molecule has 1 aromatic carbocycles. The third-order valence-electron chi connectivity index (χ3n) is 2.12. The molecule has 3 heteroatoms. The summed E-state index contributed by atoms with van der Waals surface area (Å²) in [6.07, 6.45) is 0. The Hall–Kier alpha value is -0.540. The SMILES string of the molecule is Cc1c(O)ccc2sc(CBr)cc12. The lowest BCUT2D eigenvalue weighted by Gasteiger charge is -1.98. The lowest BCUT2D eigenvalue weighted by Crippen LogP contribution is -1.73. The lowest BCUT2D eigenvalue weighted by atomic mass is 10.1. The number of alkyl halides is 1. The molecule has 0 aliphatic carbocycles. The number of thiophene rings is 1. The highest BCUT2D eigenvalue weighted by atomic mass is 79.9. The molecule has 13 heavy (non-hydrogen) atoms. The maximum Gasteiger partial charge on any atom is 0.119 e. The second kappa shape index (κ2) is 3.31. The van der Waals surface area contributed by atoms with Crippen LogP contribution in [0.2, 0.25) is 0 Å². The third-order valence-corrected chi connectivity index (χ3v) is 4.20. The van der Waals surface area contributed by atoms with Gasteiger partial charge < -0.3 is 5.11 Å². The van der Waals surface area contributed by atoms with Gasteiger partial charge in [-0.05, 0) is 36.1 Å². The number of aryl methyl sites for hydroxylation is 1. The first-order valence-electron chi connectivity index (χ1n) is 3.99. The average molecular weight is 257 g/mol. The third kappa shape index (κ3) is 1.46. The minimum absolute atomic E-state index is 0.381. The van der Waals surface area contributed by atoms with Crippen LogP contribution in [0.25, 0.3) is 10.1 Å². The van der Waals surface area contributed by atoms with Gasteiger partial charge in [-0.1, -0.05) is 15.9 Å². The summed E-state index contributed by atoms with van der Waals surface area (Å²) in [7, 11) is 0. The molecule has 2 rings (SSSR count). The monoisotopic (exact) mass is 256 g/mol. The van der Waals surface area contributed by atoms with E-state index < -0.39 is 0 Å². The van der Waals surface area contributed by atoms with Crippen molar-refractivity contribution in [1.29, 1.82) is 0 Å². The number of fused-ring (bicyclic) bond motifs is 1. The van der Waals surface area contributed by atoms with E-state index >= 15 is 0 Å². The summed E-state index contributed by atoms with van der Waals surface area (Å²) in [4.78, 5) is 1.30. The van der Waals surface area contributed by atoms with Gasteiger partial charge in [0.25, 0.3) is 0 Å². The van der Waals surface area contributed by atoms with Crippen molar-refractivity contribution in [3.8, 4) is 5.75 Å². The molecule has 0 aliphatic heterocycles. The van der Waals surface area contributed by atoms with Crippen LogP contribution in [0.5, 0.6) is 5.75 Å². The molecule has 1 aromatic heterocycles. The fourth-order valence-electron chi connectivity index (χ4n) is 1.36. The van der Waals surface area contributed by atoms with E-state index in [9.17, 15) is 5.11 Å². The van der Waals surface area contributed by atoms with Crippen molar-refractivity contribution in [3.05, 3.63) is 28.6 Å². The number of phenols is 1. The van der Waals surface area contributed by atoms with Gasteiger partial charge in [-0.2, -0.15) is 0 Å². The molecule has 0 atom stereocenters. The Balaban J connectivity index is 2.76. The first kappa shape index (κ1) is 9.03. The Labute approximate surface area is 89.1 Å². The predicted molar refractivity (Wildman–Crippen MR) is 60.9 cm³/mol. The van der Waals surface area contributed by atoms with Gasteiger partial charge in [-0.25, -0.2) is 0 Å². The summed E-state index contributed by atoms with van der Waals surface area (Å²) < 4.78 is 1.24. The van der Waals surface area contributed by atoms with Crippen molar-refractivity contribution in [2.45, 2.75) is 12.3 Å². The van der Waals surface area contributed by atoms with Crippen molar-refractivity contribution < 1.29 is 5.11 Å². The largest absolute Gasteiger partial charge is 0.508 e. The molecule has 0 amide bonds. The zero-order valence-electron chi connectivity index (χ0n) is 7.17. The van der Waals surface area contributed by atoms with E-state index in [1.54, 1.807) is 17.4 Å². The second-order valence-electron chi connectivity index (χ2n) is 2.97. The molecule has 0 bridgehead atoms. The van der Waals surface area contributed by atoms with E-state index in [-0.39, 0.29) is 0 Å². The number of hydrogen-bond donors (Lipinski definition) is 1. The zero-order valence-corrected chi connectivity index (χ0v) is 9.58. The number of benzene rings is 1. The average Bonchev–Trinajstić information content (AvgIpc) is 2.55. The van der Waals surface area contributed by atoms with E-state index in [1.165, 1.54) is 15.0 Å². The van der Waals surface area contributed by atoms with E-state index in [4.69, 9.17) is 0 Å². The Morgan fingerprint density at radius 1 is 1.46 bits per heavy atom. The molecule has 0 fully saturated rings. The Kier molecular flexibility index (Phi) is 2.30. The van der Waals surface area contributed by atoms with Crippen LogP contribution in [0.4, 0.5) is 0 Å². The topological polar surface area (TPSA) is 20.2 Å². The summed E-state index contributed by atoms with van der Waals surface area (Å²) in [5, 5.41) is 11.5. The molecule has 0 saturated heterocycles. The standard InChI is InChI=1S/C10H9BrOS/c1-6-8-4-7(5-11)13-10(8)3-2-9(6)12/h2-4,12H,5H2,1H3. The van der Waals surface area contributed by atoms with Crippen LogP contribution in [-0.2, 0) is 5.33 Å². The quantitative estimate of drug-likeness (QED) is 0.770. The molecule has 1 N–H and O–H groups in total. The fourth-order valence-corrected chi connectivity index (χ4v) is 2.84. The van der Waals surface area contributed by atoms with Gasteiger partial charge in [0.2, 0.25) is 0 Å². The normalized spacial score (nSPS) is 10.9. The van der Waals surface area contributed by atoms with Gasteiger partial charge >= 0.3 is 0 Å². The van der Waals surface area contributed by atoms with Crippen LogP contribution in [0.1, 0.15) is 10.4 Å². The predicted octanol–water partition coefficient (Wildman–Crippen LogP) is 3.81. The number of halogens is 1. The minimum atomic E-state index is 0.381. The number of phenolic OH excluding ortho intramolecular Hbond substituents is 1. The Bertz CT molecular complexity index is 447. The van der Waals surface area contributed by atoms with Crippen molar-refractivity contribution >= 4 is 37.4 Å². The van der Waals surface area contributed by atoms with Crippen LogP contribution in [0.3, 0.4) is 0 Å². The maximum atomic E-state index is 9.49. The highest BCUT2D eigenvalue weighted by molar-refractivity contribution is 9.08. The highest BCUT2D eigenvalue weighted by Crippen LogP contribution is 2.33. The molecule has 2 aromatic rings. The maximum absolute atomic E-state index is 9.49. The van der Waals surface area contributed by atoms with Crippen molar-refractivity contribution in [1.82, 2.24) is 0 Å². The van der Waals surface area contributed by atoms with Crippen LogP contribution in [0.15, 0.2) is 18.2 Å². The fraction of sp³-hybridized carbons (Fsp3) is 0.200. The van der Waals surface area contributed by atoms with Crippen molar-refractivity contribution in [3.63, 3.8) is 0 Å². The van der Waals surface area contributed by atoms with Gasteiger partial charge in [0.1, 0.15) is 5.75 Å². The van der Waals surface area contributed by atoms with Gasteiger partial charge in [0.15, 0.2) is 0 Å². The molecule has 0 aliphatic rings. The molecule has 0 unspecified atom stereocenters. The Morgan fingerprint density at radius 3 is 2.92 bits per heavy atom. The van der Waals surface area contributed by atoms with Crippen LogP contribution in [0, 0.1) is 6.92 Å². The number of rotatable bonds is 1. The van der Waals surface area contributed by atoms with Crippen LogP contribution in [-0.4, -0.2) is 5.11 Å². The molecule has 0 saturated carbocycles. The summed E-state index contributed by atoms with van der Waals surface area (Å²) in [6.45, 7) is 1.95. The van der Waals surface area contributed by atoms with Crippen molar-refractivity contribution in [2.24, 2.45) is 0 Å². The Morgan fingerprint density at radius 2 is 2.23 bits per heavy atom. The minimum Gasteiger partial charge on any atom is -0.508 e. The summed E-state index contributed by atoms with van der Waals surface area (Å²) in [5.74, 6) is 0.381. The van der Waals surface area contributed by atoms with Gasteiger partial charge in [0, 0.05) is 14.9 Å². The van der Waals surface area contributed by atoms with E-state index in [0.29, 0.717) is 5.75 Å². The molecule has 1 nitrogen and oxygen atoms in total. The molecule has 0 radical (unpaired) electrons. The lowest BCUT2D eigenvalue weighted by molar-refractivity contribution is 0.472. The molecule has 0 spiro atoms. The second-order valence-corrected chi connectivity index (χ2v) is 4.70.